The molecule has 0 radical (unpaired) electrons. The van der Waals surface area contributed by atoms with Crippen molar-refractivity contribution in [2.75, 3.05) is 6.26 Å². The molecule has 2 aromatic heterocycles. The molecule has 6 nitrogen and oxygen atoms in total. The Balaban J connectivity index is 1.54. The largest absolute Gasteiger partial charge is 0.334 e. The van der Waals surface area contributed by atoms with Crippen LogP contribution in [0.15, 0.2) is 66.0 Å². The van der Waals surface area contributed by atoms with E-state index in [1.54, 1.807) is 28.8 Å². The highest BCUT2D eigenvalue weighted by Crippen LogP contribution is 2.18. The summed E-state index contributed by atoms with van der Waals surface area (Å²) in [5.74, 6) is 0.719. The van der Waals surface area contributed by atoms with Gasteiger partial charge in [0.15, 0.2) is 5.82 Å². The van der Waals surface area contributed by atoms with Crippen LogP contribution in [0.3, 0.4) is 0 Å². The standard InChI is InChI=1S/C19H21N5OS/c1-14(16-4-6-17(26-2)7-5-16)23-19(25)21-13-15-8-10-20-18(12-15)24-11-3-9-22-24/h3-12,14H,13H2,1-2H3,(H2,21,23,25). The van der Waals surface area contributed by atoms with Gasteiger partial charge >= 0.3 is 6.03 Å². The Kier molecular flexibility index (Phi) is 5.91. The number of thioether (sulfide) groups is 1. The summed E-state index contributed by atoms with van der Waals surface area (Å²) in [4.78, 5) is 17.7. The van der Waals surface area contributed by atoms with Crippen molar-refractivity contribution >= 4 is 17.8 Å². The lowest BCUT2D eigenvalue weighted by atomic mass is 10.1. The fourth-order valence-corrected chi connectivity index (χ4v) is 2.91. The lowest BCUT2D eigenvalue weighted by molar-refractivity contribution is 0.237. The lowest BCUT2D eigenvalue weighted by Gasteiger charge is -2.15. The Labute approximate surface area is 157 Å². The van der Waals surface area contributed by atoms with Crippen LogP contribution >= 0.6 is 11.8 Å². The summed E-state index contributed by atoms with van der Waals surface area (Å²) in [5, 5.41) is 10.0. The first-order chi connectivity index (χ1) is 12.7. The number of amides is 2. The van der Waals surface area contributed by atoms with E-state index in [0.717, 1.165) is 16.9 Å². The molecule has 1 unspecified atom stereocenters. The van der Waals surface area contributed by atoms with E-state index in [1.165, 1.54) is 4.90 Å². The number of carbonyl (C=O) groups excluding carboxylic acids is 1. The predicted octanol–water partition coefficient (Wildman–Crippen LogP) is 3.55. The van der Waals surface area contributed by atoms with Crippen LogP contribution in [0.25, 0.3) is 5.82 Å². The Bertz CT molecular complexity index is 849. The molecule has 2 heterocycles. The number of pyridine rings is 1. The molecule has 0 aliphatic heterocycles. The first-order valence-corrected chi connectivity index (χ1v) is 9.51. The van der Waals surface area contributed by atoms with Crippen molar-refractivity contribution in [1.29, 1.82) is 0 Å². The average molecular weight is 367 g/mol. The zero-order valence-electron chi connectivity index (χ0n) is 14.7. The van der Waals surface area contributed by atoms with Crippen molar-refractivity contribution in [3.63, 3.8) is 0 Å². The zero-order valence-corrected chi connectivity index (χ0v) is 15.5. The SMILES string of the molecule is CSc1ccc(C(C)NC(=O)NCc2ccnc(-n3cccn3)c2)cc1. The van der Waals surface area contributed by atoms with E-state index in [2.05, 4.69) is 32.8 Å². The van der Waals surface area contributed by atoms with E-state index >= 15 is 0 Å². The number of aromatic nitrogens is 3. The van der Waals surface area contributed by atoms with Gasteiger partial charge in [-0.15, -0.1) is 11.8 Å². The maximum atomic E-state index is 12.2. The summed E-state index contributed by atoms with van der Waals surface area (Å²) in [6.07, 6.45) is 7.28. The van der Waals surface area contributed by atoms with Crippen LogP contribution in [0, 0.1) is 0 Å². The molecule has 7 heteroatoms. The van der Waals surface area contributed by atoms with E-state index < -0.39 is 0 Å². The molecule has 0 bridgehead atoms. The van der Waals surface area contributed by atoms with Gasteiger partial charge in [0.2, 0.25) is 0 Å². The molecule has 0 aliphatic rings. The average Bonchev–Trinajstić information content (AvgIpc) is 3.21. The molecule has 3 rings (SSSR count). The summed E-state index contributed by atoms with van der Waals surface area (Å²) in [6, 6.07) is 13.5. The van der Waals surface area contributed by atoms with Gasteiger partial charge in [-0.25, -0.2) is 14.5 Å². The summed E-state index contributed by atoms with van der Waals surface area (Å²) in [6.45, 7) is 2.39. The van der Waals surface area contributed by atoms with E-state index in [0.29, 0.717) is 6.54 Å². The number of nitrogens with one attached hydrogen (secondary N) is 2. The number of rotatable bonds is 6. The number of urea groups is 1. The van der Waals surface area contributed by atoms with Gasteiger partial charge in [0.05, 0.1) is 6.04 Å². The second kappa shape index (κ2) is 8.53. The molecule has 1 aromatic carbocycles. The molecule has 0 saturated heterocycles. The van der Waals surface area contributed by atoms with Gasteiger partial charge in [-0.3, -0.25) is 0 Å². The molecule has 0 spiro atoms. The fourth-order valence-electron chi connectivity index (χ4n) is 2.51. The highest BCUT2D eigenvalue weighted by Gasteiger charge is 2.09. The first-order valence-electron chi connectivity index (χ1n) is 8.29. The smallest absolute Gasteiger partial charge is 0.315 e. The minimum atomic E-state index is -0.205. The number of hydrogen-bond acceptors (Lipinski definition) is 4. The second-order valence-corrected chi connectivity index (χ2v) is 6.67. The molecule has 0 fully saturated rings. The van der Waals surface area contributed by atoms with E-state index in [-0.39, 0.29) is 12.1 Å². The first kappa shape index (κ1) is 18.0. The molecule has 3 aromatic rings. The van der Waals surface area contributed by atoms with Gasteiger partial charge in [0.25, 0.3) is 0 Å². The van der Waals surface area contributed by atoms with Gasteiger partial charge in [-0.1, -0.05) is 12.1 Å². The molecule has 0 aliphatic carbocycles. The van der Waals surface area contributed by atoms with Crippen molar-refractivity contribution in [2.24, 2.45) is 0 Å². The normalized spacial score (nSPS) is 11.8. The minimum Gasteiger partial charge on any atom is -0.334 e. The van der Waals surface area contributed by atoms with Crippen LogP contribution in [0.4, 0.5) is 4.79 Å². The highest BCUT2D eigenvalue weighted by molar-refractivity contribution is 7.98. The molecule has 2 N–H and O–H groups in total. The number of hydrogen-bond donors (Lipinski definition) is 2. The Morgan fingerprint density at radius 3 is 2.73 bits per heavy atom. The van der Waals surface area contributed by atoms with Gasteiger partial charge in [-0.05, 0) is 54.6 Å². The molecule has 0 saturated carbocycles. The van der Waals surface area contributed by atoms with Gasteiger partial charge < -0.3 is 10.6 Å². The number of carbonyl (C=O) groups is 1. The molecule has 134 valence electrons. The van der Waals surface area contributed by atoms with Crippen LogP contribution in [0.5, 0.6) is 0 Å². The predicted molar refractivity (Wildman–Crippen MR) is 103 cm³/mol. The second-order valence-electron chi connectivity index (χ2n) is 5.79. The van der Waals surface area contributed by atoms with Crippen LogP contribution in [-0.4, -0.2) is 27.1 Å². The van der Waals surface area contributed by atoms with Crippen LogP contribution in [0.2, 0.25) is 0 Å². The molecule has 26 heavy (non-hydrogen) atoms. The third-order valence-electron chi connectivity index (χ3n) is 3.97. The van der Waals surface area contributed by atoms with Crippen molar-refractivity contribution in [3.8, 4) is 5.82 Å². The van der Waals surface area contributed by atoms with Crippen LogP contribution in [0.1, 0.15) is 24.1 Å². The number of benzene rings is 1. The van der Waals surface area contributed by atoms with Crippen molar-refractivity contribution in [1.82, 2.24) is 25.4 Å². The van der Waals surface area contributed by atoms with Crippen LogP contribution < -0.4 is 10.6 Å². The fraction of sp³-hybridized carbons (Fsp3) is 0.211. The summed E-state index contributed by atoms with van der Waals surface area (Å²) >= 11 is 1.70. The van der Waals surface area contributed by atoms with Crippen molar-refractivity contribution in [2.45, 2.75) is 24.4 Å². The summed E-state index contributed by atoms with van der Waals surface area (Å²) in [7, 11) is 0. The monoisotopic (exact) mass is 367 g/mol. The van der Waals surface area contributed by atoms with Gasteiger partial charge in [-0.2, -0.15) is 5.10 Å². The van der Waals surface area contributed by atoms with E-state index in [4.69, 9.17) is 0 Å². The topological polar surface area (TPSA) is 71.8 Å². The number of nitrogens with zero attached hydrogens (tertiary/aromatic N) is 3. The van der Waals surface area contributed by atoms with Crippen LogP contribution in [-0.2, 0) is 6.54 Å². The highest BCUT2D eigenvalue weighted by atomic mass is 32.2. The third-order valence-corrected chi connectivity index (χ3v) is 4.71. The third kappa shape index (κ3) is 4.64. The Hall–Kier alpha value is -2.80. The van der Waals surface area contributed by atoms with Gasteiger partial charge in [0.1, 0.15) is 0 Å². The van der Waals surface area contributed by atoms with E-state index in [9.17, 15) is 4.79 Å². The Morgan fingerprint density at radius 2 is 2.04 bits per heavy atom. The van der Waals surface area contributed by atoms with E-state index in [1.807, 2.05) is 49.7 Å². The van der Waals surface area contributed by atoms with Crippen molar-refractivity contribution < 1.29 is 4.79 Å². The summed E-state index contributed by atoms with van der Waals surface area (Å²) < 4.78 is 1.68. The lowest BCUT2D eigenvalue weighted by Crippen LogP contribution is -2.36. The quantitative estimate of drug-likeness (QED) is 0.654. The minimum absolute atomic E-state index is 0.0667. The maximum Gasteiger partial charge on any atom is 0.315 e. The molecule has 1 atom stereocenters. The Morgan fingerprint density at radius 1 is 1.23 bits per heavy atom. The zero-order chi connectivity index (χ0) is 18.4. The molecule has 2 amide bonds. The molecular formula is C19H21N5OS. The van der Waals surface area contributed by atoms with Gasteiger partial charge in [0, 0.05) is 30.0 Å². The maximum absolute atomic E-state index is 12.2. The molecular weight excluding hydrogens is 346 g/mol. The summed E-state index contributed by atoms with van der Waals surface area (Å²) in [5.41, 5.74) is 2.03. The van der Waals surface area contributed by atoms with Crippen molar-refractivity contribution in [3.05, 3.63) is 72.2 Å².